The van der Waals surface area contributed by atoms with E-state index in [9.17, 15) is 18.0 Å². The van der Waals surface area contributed by atoms with Gasteiger partial charge in [-0.2, -0.15) is 13.2 Å². The van der Waals surface area contributed by atoms with E-state index in [2.05, 4.69) is 42.6 Å². The number of hydrogen-bond donors (Lipinski definition) is 2. The van der Waals surface area contributed by atoms with Crippen LogP contribution in [0.25, 0.3) is 10.8 Å². The van der Waals surface area contributed by atoms with E-state index in [0.29, 0.717) is 5.56 Å². The first-order valence-electron chi connectivity index (χ1n) is 11.4. The summed E-state index contributed by atoms with van der Waals surface area (Å²) in [5, 5.41) is 14.9. The molecule has 33 heavy (non-hydrogen) atoms. The Kier molecular flexibility index (Phi) is 6.75. The first-order valence-corrected chi connectivity index (χ1v) is 11.4. The van der Waals surface area contributed by atoms with Crippen LogP contribution in [0.3, 0.4) is 0 Å². The van der Waals surface area contributed by atoms with E-state index in [1.807, 2.05) is 12.1 Å². The van der Waals surface area contributed by atoms with Crippen molar-refractivity contribution >= 4 is 16.7 Å². The van der Waals surface area contributed by atoms with Crippen molar-refractivity contribution < 1.29 is 23.1 Å². The van der Waals surface area contributed by atoms with Crippen LogP contribution in [0.1, 0.15) is 66.8 Å². The lowest BCUT2D eigenvalue weighted by molar-refractivity contribution is -0.140. The molecule has 1 aliphatic carbocycles. The van der Waals surface area contributed by atoms with Gasteiger partial charge >= 0.3 is 12.1 Å². The standard InChI is InChI=1S/C27H28F3NO2/c1-17(23-8-4-6-18-5-2-3-7-24(18)23)31-22-13-11-20(15-22)21-10-9-19(12-14-26(32)33)25(16-21)27(28,29)30/h2-10,16-17,20,22,31H,11-15H2,1H3,(H,32,33)/t17-,20?,22?/m1/s1. The van der Waals surface area contributed by atoms with Crippen LogP contribution in [0.4, 0.5) is 13.2 Å². The van der Waals surface area contributed by atoms with Crippen molar-refractivity contribution in [1.29, 1.82) is 0 Å². The number of halogens is 3. The minimum Gasteiger partial charge on any atom is -0.481 e. The lowest BCUT2D eigenvalue weighted by atomic mass is 9.92. The number of carboxylic acids is 1. The Morgan fingerprint density at radius 1 is 1.09 bits per heavy atom. The number of hydrogen-bond acceptors (Lipinski definition) is 2. The summed E-state index contributed by atoms with van der Waals surface area (Å²) in [6, 6.07) is 19.3. The average molecular weight is 456 g/mol. The van der Waals surface area contributed by atoms with Gasteiger partial charge in [-0.05, 0) is 72.1 Å². The van der Waals surface area contributed by atoms with Gasteiger partial charge in [-0.1, -0.05) is 54.6 Å². The maximum Gasteiger partial charge on any atom is 0.416 e. The second kappa shape index (κ2) is 9.56. The molecule has 1 fully saturated rings. The van der Waals surface area contributed by atoms with Gasteiger partial charge in [-0.3, -0.25) is 4.79 Å². The normalized spacial score (nSPS) is 19.6. The largest absolute Gasteiger partial charge is 0.481 e. The van der Waals surface area contributed by atoms with Crippen molar-refractivity contribution in [3.05, 3.63) is 82.9 Å². The minimum absolute atomic E-state index is 0.0471. The summed E-state index contributed by atoms with van der Waals surface area (Å²) in [6.07, 6.45) is -2.43. The third-order valence-corrected chi connectivity index (χ3v) is 6.73. The minimum atomic E-state index is -4.50. The topological polar surface area (TPSA) is 49.3 Å². The summed E-state index contributed by atoms with van der Waals surface area (Å²) in [7, 11) is 0. The molecule has 0 bridgehead atoms. The molecule has 0 aromatic heterocycles. The highest BCUT2D eigenvalue weighted by Crippen LogP contribution is 2.40. The van der Waals surface area contributed by atoms with Crippen LogP contribution in [0, 0.1) is 0 Å². The molecule has 1 aliphatic rings. The van der Waals surface area contributed by atoms with Gasteiger partial charge < -0.3 is 10.4 Å². The van der Waals surface area contributed by atoms with Gasteiger partial charge in [0.1, 0.15) is 0 Å². The second-order valence-corrected chi connectivity index (χ2v) is 8.97. The zero-order valence-electron chi connectivity index (χ0n) is 18.5. The summed E-state index contributed by atoms with van der Waals surface area (Å²) < 4.78 is 40.9. The Hall–Kier alpha value is -2.86. The molecule has 0 saturated heterocycles. The van der Waals surface area contributed by atoms with E-state index in [1.165, 1.54) is 28.5 Å². The number of benzene rings is 3. The third-order valence-electron chi connectivity index (χ3n) is 6.73. The van der Waals surface area contributed by atoms with Crippen LogP contribution in [-0.2, 0) is 17.4 Å². The molecule has 3 nitrogen and oxygen atoms in total. The van der Waals surface area contributed by atoms with Crippen LogP contribution < -0.4 is 5.32 Å². The quantitative estimate of drug-likeness (QED) is 0.409. The summed E-state index contributed by atoms with van der Waals surface area (Å²) in [4.78, 5) is 10.8. The van der Waals surface area contributed by atoms with Crippen LogP contribution in [0.15, 0.2) is 60.7 Å². The number of carboxylic acid groups (broad SMARTS) is 1. The highest BCUT2D eigenvalue weighted by Gasteiger charge is 2.35. The second-order valence-electron chi connectivity index (χ2n) is 8.97. The maximum absolute atomic E-state index is 13.6. The molecular formula is C27H28F3NO2. The number of aliphatic carboxylic acids is 1. The molecule has 0 heterocycles. The fourth-order valence-corrected chi connectivity index (χ4v) is 5.08. The molecule has 3 atom stereocenters. The highest BCUT2D eigenvalue weighted by molar-refractivity contribution is 5.86. The maximum atomic E-state index is 13.6. The molecule has 0 radical (unpaired) electrons. The molecule has 3 aromatic carbocycles. The molecule has 1 saturated carbocycles. The Labute approximate surface area is 191 Å². The van der Waals surface area contributed by atoms with Crippen LogP contribution in [0.5, 0.6) is 0 Å². The molecule has 174 valence electrons. The Balaban J connectivity index is 1.47. The van der Waals surface area contributed by atoms with Crippen molar-refractivity contribution in [2.24, 2.45) is 0 Å². The monoisotopic (exact) mass is 455 g/mol. The Bertz CT molecular complexity index is 1140. The Morgan fingerprint density at radius 2 is 1.85 bits per heavy atom. The van der Waals surface area contributed by atoms with Crippen molar-refractivity contribution in [2.75, 3.05) is 0 Å². The van der Waals surface area contributed by atoms with E-state index in [4.69, 9.17) is 5.11 Å². The lowest BCUT2D eigenvalue weighted by Crippen LogP contribution is -2.29. The fourth-order valence-electron chi connectivity index (χ4n) is 5.08. The summed E-state index contributed by atoms with van der Waals surface area (Å²) in [6.45, 7) is 2.13. The SMILES string of the molecule is C[C@@H](NC1CCC(c2ccc(CCC(=O)O)c(C(F)(F)F)c2)C1)c1cccc2ccccc12. The molecule has 3 aromatic rings. The van der Waals surface area contributed by atoms with Gasteiger partial charge in [0.05, 0.1) is 5.56 Å². The van der Waals surface area contributed by atoms with Gasteiger partial charge in [0.15, 0.2) is 0 Å². The van der Waals surface area contributed by atoms with Crippen LogP contribution in [0.2, 0.25) is 0 Å². The van der Waals surface area contributed by atoms with Gasteiger partial charge in [-0.25, -0.2) is 0 Å². The van der Waals surface area contributed by atoms with E-state index in [0.717, 1.165) is 19.3 Å². The molecular weight excluding hydrogens is 427 g/mol. The molecule has 2 N–H and O–H groups in total. The van der Waals surface area contributed by atoms with Gasteiger partial charge in [0, 0.05) is 18.5 Å². The summed E-state index contributed by atoms with van der Waals surface area (Å²) in [5.41, 5.74) is 1.25. The number of nitrogens with one attached hydrogen (secondary N) is 1. The molecule has 0 aliphatic heterocycles. The van der Waals surface area contributed by atoms with Crippen LogP contribution in [-0.4, -0.2) is 17.1 Å². The van der Waals surface area contributed by atoms with Gasteiger partial charge in [0.25, 0.3) is 0 Å². The van der Waals surface area contributed by atoms with E-state index in [1.54, 1.807) is 6.07 Å². The summed E-state index contributed by atoms with van der Waals surface area (Å²) >= 11 is 0. The first kappa shape index (κ1) is 23.3. The van der Waals surface area contributed by atoms with Gasteiger partial charge in [-0.15, -0.1) is 0 Å². The van der Waals surface area contributed by atoms with Crippen molar-refractivity contribution in [3.63, 3.8) is 0 Å². The smallest absolute Gasteiger partial charge is 0.416 e. The first-order chi connectivity index (χ1) is 15.7. The zero-order valence-corrected chi connectivity index (χ0v) is 18.5. The molecule has 0 spiro atoms. The highest BCUT2D eigenvalue weighted by atomic mass is 19.4. The van der Waals surface area contributed by atoms with Crippen LogP contribution >= 0.6 is 0 Å². The predicted molar refractivity (Wildman–Crippen MR) is 123 cm³/mol. The fraction of sp³-hybridized carbons (Fsp3) is 0.370. The number of rotatable bonds is 7. The zero-order chi connectivity index (χ0) is 23.6. The lowest BCUT2D eigenvalue weighted by Gasteiger charge is -2.22. The molecule has 4 rings (SSSR count). The van der Waals surface area contributed by atoms with Crippen molar-refractivity contribution in [3.8, 4) is 0 Å². The van der Waals surface area contributed by atoms with E-state index in [-0.39, 0.29) is 36.4 Å². The molecule has 2 unspecified atom stereocenters. The number of fused-ring (bicyclic) bond motifs is 1. The number of alkyl halides is 3. The third kappa shape index (κ3) is 5.38. The van der Waals surface area contributed by atoms with E-state index < -0.39 is 17.7 Å². The van der Waals surface area contributed by atoms with Gasteiger partial charge in [0.2, 0.25) is 0 Å². The molecule has 6 heteroatoms. The van der Waals surface area contributed by atoms with Crippen molar-refractivity contribution in [2.45, 2.75) is 63.2 Å². The van der Waals surface area contributed by atoms with Crippen molar-refractivity contribution in [1.82, 2.24) is 5.32 Å². The summed E-state index contributed by atoms with van der Waals surface area (Å²) in [5.74, 6) is -1.05. The number of carbonyl (C=O) groups is 1. The van der Waals surface area contributed by atoms with E-state index >= 15 is 0 Å². The average Bonchev–Trinajstić information content (AvgIpc) is 3.25. The molecule has 0 amide bonds. The Morgan fingerprint density at radius 3 is 2.61 bits per heavy atom. The predicted octanol–water partition coefficient (Wildman–Crippen LogP) is 6.86. The number of aryl methyl sites for hydroxylation is 1.